The normalized spacial score (nSPS) is 13.9. The van der Waals surface area contributed by atoms with E-state index in [0.717, 1.165) is 78.2 Å². The summed E-state index contributed by atoms with van der Waals surface area (Å²) >= 11 is 0. The summed E-state index contributed by atoms with van der Waals surface area (Å²) in [6, 6.07) is 48.9. The van der Waals surface area contributed by atoms with Gasteiger partial charge in [0.05, 0.1) is 12.2 Å². The predicted octanol–water partition coefficient (Wildman–Crippen LogP) is 25.9. The van der Waals surface area contributed by atoms with Crippen molar-refractivity contribution in [2.24, 2.45) is 10.8 Å². The number of ether oxygens (including phenoxy) is 2. The molecule has 10 aromatic carbocycles. The molecule has 10 rings (SSSR count). The fraction of sp³-hybridized carbons (Fsp3) is 0.416. The second-order valence-electron chi connectivity index (χ2n) is 35.7. The lowest BCUT2D eigenvalue weighted by Gasteiger charge is -2.34. The summed E-state index contributed by atoms with van der Waals surface area (Å²) < 4.78 is 46.4. The van der Waals surface area contributed by atoms with Gasteiger partial charge in [0.15, 0.2) is 0 Å². The van der Waals surface area contributed by atoms with Gasteiger partial charge >= 0.3 is 0 Å². The summed E-state index contributed by atoms with van der Waals surface area (Å²) in [5.41, 5.74) is 10.4. The number of halogens is 2. The number of hydrogen-bond acceptors (Lipinski definition) is 4. The number of rotatable bonds is 14. The number of hydrogen-bond donors (Lipinski definition) is 2. The lowest BCUT2D eigenvalue weighted by atomic mass is 9.71. The number of phenols is 2. The quantitative estimate of drug-likeness (QED) is 0.107. The monoisotopic (exact) mass is 1280 g/mol. The van der Waals surface area contributed by atoms with E-state index in [2.05, 4.69) is 249 Å². The number of aromatic hydroxyl groups is 2. The third kappa shape index (κ3) is 15.0. The van der Waals surface area contributed by atoms with Gasteiger partial charge in [-0.3, -0.25) is 0 Å². The molecule has 0 amide bonds. The molecular formula is C89H106F2O4. The van der Waals surface area contributed by atoms with Gasteiger partial charge in [-0.15, -0.1) is 0 Å². The van der Waals surface area contributed by atoms with Gasteiger partial charge in [0.1, 0.15) is 34.6 Å². The average Bonchev–Trinajstić information content (AvgIpc) is 0.739. The van der Waals surface area contributed by atoms with Gasteiger partial charge in [0.2, 0.25) is 0 Å². The minimum atomic E-state index is -0.506. The molecule has 6 heteroatoms. The van der Waals surface area contributed by atoms with E-state index >= 15 is 8.78 Å². The molecule has 0 aliphatic rings. The number of benzene rings is 10. The van der Waals surface area contributed by atoms with Gasteiger partial charge in [-0.25, -0.2) is 8.78 Å². The van der Waals surface area contributed by atoms with Crippen molar-refractivity contribution in [3.8, 4) is 67.5 Å². The molecule has 95 heavy (non-hydrogen) atoms. The van der Waals surface area contributed by atoms with Gasteiger partial charge in [-0.1, -0.05) is 213 Å². The summed E-state index contributed by atoms with van der Waals surface area (Å²) in [4.78, 5) is 0. The van der Waals surface area contributed by atoms with E-state index in [1.54, 1.807) is 12.1 Å². The maximum atomic E-state index is 16.2. The Labute approximate surface area is 567 Å². The van der Waals surface area contributed by atoms with Crippen molar-refractivity contribution < 1.29 is 28.5 Å². The molecule has 0 saturated heterocycles. The van der Waals surface area contributed by atoms with E-state index in [0.29, 0.717) is 51.3 Å². The topological polar surface area (TPSA) is 58.9 Å². The number of fused-ring (bicyclic) bond motifs is 4. The van der Waals surface area contributed by atoms with Gasteiger partial charge < -0.3 is 19.7 Å². The molecule has 0 radical (unpaired) electrons. The molecule has 0 aromatic heterocycles. The van der Waals surface area contributed by atoms with Crippen molar-refractivity contribution >= 4 is 43.1 Å². The van der Waals surface area contributed by atoms with Crippen LogP contribution in [0.5, 0.6) is 23.0 Å². The Morgan fingerprint density at radius 3 is 0.958 bits per heavy atom. The summed E-state index contributed by atoms with van der Waals surface area (Å²) in [6.07, 6.45) is 1.02. The minimum Gasteiger partial charge on any atom is -0.507 e. The van der Waals surface area contributed by atoms with E-state index in [1.165, 1.54) is 46.5 Å². The maximum Gasteiger partial charge on any atom is 0.131 e. The molecule has 0 aliphatic heterocycles. The molecule has 2 unspecified atom stereocenters. The summed E-state index contributed by atoms with van der Waals surface area (Å²) in [5.74, 6) is -0.0355. The van der Waals surface area contributed by atoms with Gasteiger partial charge in [0, 0.05) is 50.9 Å². The molecule has 4 nitrogen and oxygen atoms in total. The highest BCUT2D eigenvalue weighted by Crippen LogP contribution is 2.53. The first-order chi connectivity index (χ1) is 43.8. The third-order valence-electron chi connectivity index (χ3n) is 19.4. The van der Waals surface area contributed by atoms with Gasteiger partial charge in [0.25, 0.3) is 0 Å². The average molecular weight is 1280 g/mol. The maximum absolute atomic E-state index is 16.2. The molecule has 0 aliphatic carbocycles. The lowest BCUT2D eigenvalue weighted by Crippen LogP contribution is -2.25. The largest absolute Gasteiger partial charge is 0.507 e. The first-order valence-corrected chi connectivity index (χ1v) is 34.5. The van der Waals surface area contributed by atoms with Crippen LogP contribution in [-0.2, 0) is 32.5 Å². The first kappa shape index (κ1) is 70.1. The Morgan fingerprint density at radius 2 is 0.632 bits per heavy atom. The molecule has 0 saturated carbocycles. The molecule has 10 aromatic rings. The Kier molecular flexibility index (Phi) is 18.3. The first-order valence-electron chi connectivity index (χ1n) is 34.5. The van der Waals surface area contributed by atoms with Crippen LogP contribution in [0, 0.1) is 22.5 Å². The molecule has 2 atom stereocenters. The van der Waals surface area contributed by atoms with Crippen molar-refractivity contribution in [3.63, 3.8) is 0 Å². The van der Waals surface area contributed by atoms with Gasteiger partial charge in [-0.2, -0.15) is 0 Å². The highest BCUT2D eigenvalue weighted by molar-refractivity contribution is 6.16. The molecule has 0 spiro atoms. The van der Waals surface area contributed by atoms with E-state index < -0.39 is 34.7 Å². The standard InChI is InChI=1S/C89H106F2O4/c1-52(94-76-35-31-64(90)48-70(76)72-44-62(88(21,22)50-82(3,4)5)46-74(80(72)92)78-66-33-29-58(84(9,10)11)40-56(66)38-54-25-27-60(42-68(54)78)86(15,16)17)37-53(2)95-77-36-32-65(91)49-71(77)73-45-63(89(23,24)51-83(6,7)8)47-75(81(73)93)79-67-34-30-59(85(12,13)14)41-57(67)39-55-26-28-61(43-69(55)79)87(18,19)20/h25-36,38-49,52-53,92-93H,37,50-51H2,1-24H3. The van der Waals surface area contributed by atoms with Crippen LogP contribution in [0.2, 0.25) is 0 Å². The molecule has 0 fully saturated rings. The SMILES string of the molecule is CC(CC(C)Oc1ccc(F)cc1-c1cc(C(C)(C)CC(C)(C)C)cc(-c2c3ccc(C(C)(C)C)cc3cc3ccc(C(C)(C)C)cc23)c1O)Oc1ccc(F)cc1-c1cc(C(C)(C)CC(C)(C)C)cc(-c2c3ccc(C(C)(C)C)cc3cc3ccc(C(C)(C)C)cc23)c1O. The second-order valence-corrected chi connectivity index (χ2v) is 35.7. The van der Waals surface area contributed by atoms with Crippen LogP contribution in [-0.4, -0.2) is 22.4 Å². The van der Waals surface area contributed by atoms with Crippen molar-refractivity contribution in [2.45, 2.75) is 230 Å². The molecule has 2 N–H and O–H groups in total. The molecule has 500 valence electrons. The van der Waals surface area contributed by atoms with E-state index in [1.807, 2.05) is 26.0 Å². The van der Waals surface area contributed by atoms with Crippen LogP contribution in [0.15, 0.2) is 146 Å². The van der Waals surface area contributed by atoms with Crippen molar-refractivity contribution in [2.75, 3.05) is 0 Å². The fourth-order valence-electron chi connectivity index (χ4n) is 15.0. The van der Waals surface area contributed by atoms with Crippen LogP contribution in [0.25, 0.3) is 87.6 Å². The minimum absolute atomic E-state index is 0.0362. The van der Waals surface area contributed by atoms with Crippen molar-refractivity contribution in [1.82, 2.24) is 0 Å². The highest BCUT2D eigenvalue weighted by atomic mass is 19.1. The Bertz CT molecular complexity index is 4300. The van der Waals surface area contributed by atoms with Crippen molar-refractivity contribution in [3.05, 3.63) is 191 Å². The lowest BCUT2D eigenvalue weighted by molar-refractivity contribution is 0.131. The highest BCUT2D eigenvalue weighted by Gasteiger charge is 2.34. The third-order valence-corrected chi connectivity index (χ3v) is 19.4. The van der Waals surface area contributed by atoms with E-state index in [4.69, 9.17) is 9.47 Å². The zero-order chi connectivity index (χ0) is 69.8. The Morgan fingerprint density at radius 1 is 0.316 bits per heavy atom. The molecular weight excluding hydrogens is 1170 g/mol. The second kappa shape index (κ2) is 24.7. The van der Waals surface area contributed by atoms with Crippen LogP contribution >= 0.6 is 0 Å². The van der Waals surface area contributed by atoms with Crippen LogP contribution in [0.3, 0.4) is 0 Å². The zero-order valence-corrected chi connectivity index (χ0v) is 61.6. The summed E-state index contributed by atoms with van der Waals surface area (Å²) in [6.45, 7) is 53.2. The van der Waals surface area contributed by atoms with Crippen LogP contribution in [0.4, 0.5) is 8.78 Å². The van der Waals surface area contributed by atoms with Crippen LogP contribution < -0.4 is 9.47 Å². The zero-order valence-electron chi connectivity index (χ0n) is 61.6. The smallest absolute Gasteiger partial charge is 0.131 e. The van der Waals surface area contributed by atoms with E-state index in [9.17, 15) is 10.2 Å². The molecule has 0 heterocycles. The fourth-order valence-corrected chi connectivity index (χ4v) is 15.0. The van der Waals surface area contributed by atoms with Crippen LogP contribution in [0.1, 0.15) is 219 Å². The number of phenolic OH excluding ortho intramolecular Hbond substituents is 2. The Balaban J connectivity index is 1.08. The Hall–Kier alpha value is -7.70. The summed E-state index contributed by atoms with van der Waals surface area (Å²) in [7, 11) is 0. The summed E-state index contributed by atoms with van der Waals surface area (Å²) in [5, 5.41) is 34.9. The van der Waals surface area contributed by atoms with E-state index in [-0.39, 0.29) is 44.0 Å². The van der Waals surface area contributed by atoms with Gasteiger partial charge in [-0.05, 0) is 231 Å². The molecule has 0 bridgehead atoms. The predicted molar refractivity (Wildman–Crippen MR) is 402 cm³/mol. The van der Waals surface area contributed by atoms with Crippen molar-refractivity contribution in [1.29, 1.82) is 0 Å².